The van der Waals surface area contributed by atoms with Crippen molar-refractivity contribution in [2.24, 2.45) is 0 Å². The average Bonchev–Trinajstić information content (AvgIpc) is 3.86. The number of rotatable bonds is 4. The molecule has 0 bridgehead atoms. The van der Waals surface area contributed by atoms with Crippen LogP contribution in [-0.4, -0.2) is 9.55 Å². The molecule has 51 heavy (non-hydrogen) atoms. The lowest BCUT2D eigenvalue weighted by Crippen LogP contribution is -1.98. The molecule has 4 aromatic heterocycles. The molecular weight excluding hydrogens is 641 g/mol. The van der Waals surface area contributed by atoms with Gasteiger partial charge in [0.2, 0.25) is 0 Å². The second-order valence-corrected chi connectivity index (χ2v) is 14.2. The van der Waals surface area contributed by atoms with Crippen molar-refractivity contribution < 1.29 is 4.42 Å². The first-order chi connectivity index (χ1) is 25.2. The van der Waals surface area contributed by atoms with Crippen molar-refractivity contribution in [2.45, 2.75) is 0 Å². The molecular formula is C47H28N2OS. The second kappa shape index (κ2) is 11.0. The van der Waals surface area contributed by atoms with Crippen LogP contribution < -0.4 is 0 Å². The van der Waals surface area contributed by atoms with Crippen LogP contribution in [0, 0.1) is 0 Å². The Morgan fingerprint density at radius 3 is 1.90 bits per heavy atom. The highest BCUT2D eigenvalue weighted by Crippen LogP contribution is 2.41. The van der Waals surface area contributed by atoms with E-state index in [1.54, 1.807) is 0 Å². The Bertz CT molecular complexity index is 3130. The molecule has 0 aliphatic rings. The molecule has 0 spiro atoms. The van der Waals surface area contributed by atoms with E-state index >= 15 is 0 Å². The first-order valence-corrected chi connectivity index (χ1v) is 18.0. The quantitative estimate of drug-likeness (QED) is 0.187. The van der Waals surface area contributed by atoms with Crippen LogP contribution in [0.5, 0.6) is 0 Å². The molecule has 11 rings (SSSR count). The number of hydrogen-bond donors (Lipinski definition) is 0. The van der Waals surface area contributed by atoms with Crippen LogP contribution in [0.3, 0.4) is 0 Å². The second-order valence-electron chi connectivity index (χ2n) is 13.2. The number of thiophene rings is 1. The van der Waals surface area contributed by atoms with Crippen LogP contribution in [0.25, 0.3) is 103 Å². The molecule has 0 radical (unpaired) electrons. The van der Waals surface area contributed by atoms with Crippen LogP contribution in [0.15, 0.2) is 174 Å². The molecule has 11 aromatic rings. The highest BCUT2D eigenvalue weighted by Gasteiger charge is 2.18. The van der Waals surface area contributed by atoms with E-state index in [1.165, 1.54) is 36.7 Å². The van der Waals surface area contributed by atoms with E-state index in [0.29, 0.717) is 0 Å². The third-order valence-corrected chi connectivity index (χ3v) is 11.3. The fourth-order valence-corrected chi connectivity index (χ4v) is 8.90. The third-order valence-electron chi connectivity index (χ3n) is 10.2. The molecule has 0 fully saturated rings. The van der Waals surface area contributed by atoms with Gasteiger partial charge in [0.1, 0.15) is 11.2 Å². The average molecular weight is 669 g/mol. The Balaban J connectivity index is 1.17. The van der Waals surface area contributed by atoms with Crippen LogP contribution >= 0.6 is 11.3 Å². The number of furan rings is 1. The van der Waals surface area contributed by atoms with E-state index in [2.05, 4.69) is 162 Å². The molecule has 0 saturated heterocycles. The van der Waals surface area contributed by atoms with Crippen molar-refractivity contribution in [3.8, 4) is 39.3 Å². The van der Waals surface area contributed by atoms with Gasteiger partial charge in [-0.1, -0.05) is 121 Å². The largest absolute Gasteiger partial charge is 0.456 e. The monoisotopic (exact) mass is 668 g/mol. The Morgan fingerprint density at radius 1 is 0.392 bits per heavy atom. The zero-order valence-electron chi connectivity index (χ0n) is 27.4. The van der Waals surface area contributed by atoms with Gasteiger partial charge in [-0.3, -0.25) is 0 Å². The number of nitrogens with zero attached hydrogens (tertiary/aromatic N) is 2. The Kier molecular flexibility index (Phi) is 6.12. The SMILES string of the molecule is c1ccc(-c2ccc(-c3cc(-n4c5ccccc5c5cc6oc7ccccc7c6cc54)cc(-c4ccc5c(c4)sc4ccccc45)n3)cc2)cc1. The number of aromatic nitrogens is 2. The number of benzene rings is 7. The highest BCUT2D eigenvalue weighted by molar-refractivity contribution is 7.25. The summed E-state index contributed by atoms with van der Waals surface area (Å²) in [4.78, 5) is 5.37. The van der Waals surface area contributed by atoms with Crippen LogP contribution in [0.2, 0.25) is 0 Å². The Morgan fingerprint density at radius 2 is 1.04 bits per heavy atom. The summed E-state index contributed by atoms with van der Waals surface area (Å²) >= 11 is 1.84. The summed E-state index contributed by atoms with van der Waals surface area (Å²) in [5.41, 5.74) is 11.6. The van der Waals surface area contributed by atoms with E-state index in [1.807, 2.05) is 23.5 Å². The molecule has 3 nitrogen and oxygen atoms in total. The van der Waals surface area contributed by atoms with Crippen molar-refractivity contribution in [3.63, 3.8) is 0 Å². The van der Waals surface area contributed by atoms with Gasteiger partial charge in [0, 0.05) is 52.8 Å². The maximum absolute atomic E-state index is 6.36. The summed E-state index contributed by atoms with van der Waals surface area (Å²) in [7, 11) is 0. The first kappa shape index (κ1) is 28.4. The Hall–Kier alpha value is -6.49. The Labute approximate surface area is 297 Å². The maximum atomic E-state index is 6.36. The van der Waals surface area contributed by atoms with Crippen molar-refractivity contribution in [1.29, 1.82) is 0 Å². The minimum absolute atomic E-state index is 0.901. The molecule has 0 N–H and O–H groups in total. The molecule has 4 heterocycles. The lowest BCUT2D eigenvalue weighted by atomic mass is 10.0. The standard InChI is InChI=1S/C47H28N2OS/c1-2-10-29(11-3-1)30-18-20-31(21-19-30)40-25-33(26-41(48-40)32-22-23-37-36-14-6-9-17-46(36)51-47(37)24-32)49-42-15-7-4-12-34(42)38-28-45-39(27-43(38)49)35-13-5-8-16-44(35)50-45/h1-28H. The van der Waals surface area contributed by atoms with Gasteiger partial charge < -0.3 is 8.98 Å². The summed E-state index contributed by atoms with van der Waals surface area (Å²) in [6.45, 7) is 0. The third kappa shape index (κ3) is 4.47. The van der Waals surface area contributed by atoms with Gasteiger partial charge in [0.15, 0.2) is 0 Å². The first-order valence-electron chi connectivity index (χ1n) is 17.2. The summed E-state index contributed by atoms with van der Waals surface area (Å²) in [6.07, 6.45) is 0. The molecule has 4 heteroatoms. The maximum Gasteiger partial charge on any atom is 0.136 e. The predicted octanol–water partition coefficient (Wildman–Crippen LogP) is 13.4. The molecule has 0 atom stereocenters. The normalized spacial score (nSPS) is 11.9. The van der Waals surface area contributed by atoms with Crippen molar-refractivity contribution in [3.05, 3.63) is 170 Å². The van der Waals surface area contributed by atoms with Gasteiger partial charge in [0.25, 0.3) is 0 Å². The van der Waals surface area contributed by atoms with Gasteiger partial charge in [-0.25, -0.2) is 4.98 Å². The summed E-state index contributed by atoms with van der Waals surface area (Å²) in [6, 6.07) is 60.7. The van der Waals surface area contributed by atoms with E-state index in [4.69, 9.17) is 9.40 Å². The molecule has 7 aromatic carbocycles. The number of fused-ring (bicyclic) bond motifs is 9. The fourth-order valence-electron chi connectivity index (χ4n) is 7.76. The van der Waals surface area contributed by atoms with Gasteiger partial charge >= 0.3 is 0 Å². The molecule has 0 amide bonds. The summed E-state index contributed by atoms with van der Waals surface area (Å²) in [5.74, 6) is 0. The van der Waals surface area contributed by atoms with Crippen LogP contribution in [0.4, 0.5) is 0 Å². The van der Waals surface area contributed by atoms with Gasteiger partial charge in [-0.05, 0) is 59.7 Å². The minimum Gasteiger partial charge on any atom is -0.456 e. The zero-order valence-corrected chi connectivity index (χ0v) is 28.2. The smallest absolute Gasteiger partial charge is 0.136 e. The predicted molar refractivity (Wildman–Crippen MR) is 215 cm³/mol. The molecule has 0 unspecified atom stereocenters. The van der Waals surface area contributed by atoms with Gasteiger partial charge in [-0.15, -0.1) is 11.3 Å². The zero-order chi connectivity index (χ0) is 33.5. The fraction of sp³-hybridized carbons (Fsp3) is 0. The van der Waals surface area contributed by atoms with Crippen molar-refractivity contribution in [2.75, 3.05) is 0 Å². The van der Waals surface area contributed by atoms with E-state index < -0.39 is 0 Å². The van der Waals surface area contributed by atoms with E-state index in [-0.39, 0.29) is 0 Å². The van der Waals surface area contributed by atoms with E-state index in [9.17, 15) is 0 Å². The van der Waals surface area contributed by atoms with E-state index in [0.717, 1.165) is 66.6 Å². The topological polar surface area (TPSA) is 31.0 Å². The van der Waals surface area contributed by atoms with Crippen LogP contribution in [0.1, 0.15) is 0 Å². The molecule has 238 valence electrons. The number of hydrogen-bond acceptors (Lipinski definition) is 3. The lowest BCUT2D eigenvalue weighted by Gasteiger charge is -2.14. The number of para-hydroxylation sites is 2. The van der Waals surface area contributed by atoms with Crippen LogP contribution in [-0.2, 0) is 0 Å². The molecule has 0 aliphatic heterocycles. The minimum atomic E-state index is 0.901. The lowest BCUT2D eigenvalue weighted by molar-refractivity contribution is 0.669. The highest BCUT2D eigenvalue weighted by atomic mass is 32.1. The summed E-state index contributed by atoms with van der Waals surface area (Å²) < 4.78 is 11.3. The molecule has 0 aliphatic carbocycles. The summed E-state index contributed by atoms with van der Waals surface area (Å²) in [5, 5.41) is 7.17. The number of pyridine rings is 1. The van der Waals surface area contributed by atoms with Gasteiger partial charge in [0.05, 0.1) is 28.1 Å². The molecule has 0 saturated carbocycles. The van der Waals surface area contributed by atoms with Crippen molar-refractivity contribution in [1.82, 2.24) is 9.55 Å². The van der Waals surface area contributed by atoms with Crippen molar-refractivity contribution >= 4 is 75.3 Å². The van der Waals surface area contributed by atoms with Gasteiger partial charge in [-0.2, -0.15) is 0 Å².